The van der Waals surface area contributed by atoms with Gasteiger partial charge < -0.3 is 29.2 Å². The molecule has 0 spiro atoms. The molecule has 3 aliphatic heterocycles. The second kappa shape index (κ2) is 15.1. The Hall–Kier alpha value is -6.36. The molecule has 11 heteroatoms. The summed E-state index contributed by atoms with van der Waals surface area (Å²) < 4.78 is 23.9. The maximum Gasteiger partial charge on any atom is 0.261 e. The van der Waals surface area contributed by atoms with Crippen molar-refractivity contribution in [2.24, 2.45) is 9.98 Å². The predicted octanol–water partition coefficient (Wildman–Crippen LogP) is 7.83. The van der Waals surface area contributed by atoms with E-state index in [0.717, 1.165) is 40.2 Å². The summed E-state index contributed by atoms with van der Waals surface area (Å²) in [5.74, 6) is 1.44. The van der Waals surface area contributed by atoms with Gasteiger partial charge in [0.25, 0.3) is 11.8 Å². The van der Waals surface area contributed by atoms with Crippen molar-refractivity contribution in [3.8, 4) is 23.0 Å². The summed E-state index contributed by atoms with van der Waals surface area (Å²) in [4.78, 5) is 39.8. The molecule has 3 aliphatic rings. The number of methoxy groups -OCH3 is 2. The number of aliphatic imine (C=N–C) groups is 2. The number of amides is 2. The van der Waals surface area contributed by atoms with Crippen LogP contribution in [0.25, 0.3) is 0 Å². The van der Waals surface area contributed by atoms with Crippen LogP contribution in [0, 0.1) is 0 Å². The minimum atomic E-state index is -0.172. The van der Waals surface area contributed by atoms with E-state index in [1.165, 1.54) is 0 Å². The minimum absolute atomic E-state index is 0.133. The third-order valence-corrected chi connectivity index (χ3v) is 9.58. The fourth-order valence-electron chi connectivity index (χ4n) is 6.96. The molecule has 0 fully saturated rings. The Morgan fingerprint density at radius 2 is 1.70 bits per heavy atom. The number of hydrogen-bond donors (Lipinski definition) is 1. The number of hydrogen-bond acceptors (Lipinski definition) is 9. The van der Waals surface area contributed by atoms with Gasteiger partial charge in [0, 0.05) is 49.0 Å². The molecule has 2 amide bonds. The number of nitrogens with zero attached hydrogens (tertiary/aromatic N) is 4. The Balaban J connectivity index is 1.09. The Kier molecular flexibility index (Phi) is 9.98. The molecular formula is C42H41N5O6. The normalized spacial score (nSPS) is 15.7. The number of carbonyl (C=O) groups is 2. The van der Waals surface area contributed by atoms with E-state index in [1.807, 2.05) is 80.9 Å². The van der Waals surface area contributed by atoms with Crippen LogP contribution in [0.2, 0.25) is 0 Å². The van der Waals surface area contributed by atoms with Crippen LogP contribution in [0.4, 0.5) is 22.7 Å². The molecule has 53 heavy (non-hydrogen) atoms. The molecule has 3 heterocycles. The quantitative estimate of drug-likeness (QED) is 0.149. The number of carbonyl (C=O) groups excluding carboxylic acids is 2. The zero-order valence-corrected chi connectivity index (χ0v) is 30.2. The highest BCUT2D eigenvalue weighted by molar-refractivity contribution is 6.11. The molecule has 7 rings (SSSR count). The Morgan fingerprint density at radius 1 is 0.981 bits per heavy atom. The lowest BCUT2D eigenvalue weighted by molar-refractivity contribution is 0.0806. The highest BCUT2D eigenvalue weighted by Gasteiger charge is 2.34. The highest BCUT2D eigenvalue weighted by Crippen LogP contribution is 2.41. The topological polar surface area (TPSA) is 114 Å². The van der Waals surface area contributed by atoms with Crippen LogP contribution in [0.3, 0.4) is 0 Å². The third-order valence-electron chi connectivity index (χ3n) is 9.58. The molecule has 0 bridgehead atoms. The summed E-state index contributed by atoms with van der Waals surface area (Å²) in [5, 5.41) is 3.21. The van der Waals surface area contributed by atoms with Crippen LogP contribution in [0.15, 0.2) is 101 Å². The summed E-state index contributed by atoms with van der Waals surface area (Å²) >= 11 is 0. The van der Waals surface area contributed by atoms with E-state index >= 15 is 0 Å². The monoisotopic (exact) mass is 711 g/mol. The van der Waals surface area contributed by atoms with Gasteiger partial charge in [-0.3, -0.25) is 24.5 Å². The summed E-state index contributed by atoms with van der Waals surface area (Å²) in [6.45, 7) is 6.65. The molecule has 0 saturated carbocycles. The lowest BCUT2D eigenvalue weighted by Gasteiger charge is -2.23. The van der Waals surface area contributed by atoms with Gasteiger partial charge >= 0.3 is 0 Å². The summed E-state index contributed by atoms with van der Waals surface area (Å²) in [7, 11) is 4.94. The maximum atomic E-state index is 13.7. The van der Waals surface area contributed by atoms with E-state index in [-0.39, 0.29) is 31.1 Å². The van der Waals surface area contributed by atoms with Gasteiger partial charge in [0.15, 0.2) is 23.0 Å². The molecule has 0 aliphatic carbocycles. The molecule has 0 saturated heterocycles. The van der Waals surface area contributed by atoms with Crippen LogP contribution in [-0.4, -0.2) is 63.5 Å². The Labute approximate surface area is 308 Å². The summed E-state index contributed by atoms with van der Waals surface area (Å²) in [6.07, 6.45) is 9.22. The van der Waals surface area contributed by atoms with Crippen molar-refractivity contribution >= 4 is 47.5 Å². The van der Waals surface area contributed by atoms with Crippen molar-refractivity contribution in [3.05, 3.63) is 118 Å². The van der Waals surface area contributed by atoms with Crippen LogP contribution < -0.4 is 29.2 Å². The first-order valence-electron chi connectivity index (χ1n) is 17.4. The number of fused-ring (bicyclic) bond motifs is 3. The largest absolute Gasteiger partial charge is 0.493 e. The van der Waals surface area contributed by atoms with Gasteiger partial charge in [-0.25, -0.2) is 0 Å². The number of para-hydroxylation sites is 1. The number of benzene rings is 4. The van der Waals surface area contributed by atoms with Crippen molar-refractivity contribution < 1.29 is 28.5 Å². The van der Waals surface area contributed by atoms with Crippen LogP contribution in [0.1, 0.15) is 50.8 Å². The van der Waals surface area contributed by atoms with Crippen molar-refractivity contribution in [1.82, 2.24) is 4.90 Å². The zero-order valence-electron chi connectivity index (χ0n) is 30.2. The Bertz CT molecular complexity index is 2190. The number of allylic oxidation sites excluding steroid dienone is 2. The first-order valence-corrected chi connectivity index (χ1v) is 17.4. The number of nitrogens with one attached hydrogen (secondary N) is 1. The molecule has 270 valence electrons. The van der Waals surface area contributed by atoms with E-state index < -0.39 is 0 Å². The van der Waals surface area contributed by atoms with Crippen LogP contribution in [0.5, 0.6) is 23.0 Å². The first kappa shape index (κ1) is 35.1. The van der Waals surface area contributed by atoms with Crippen molar-refractivity contribution in [1.29, 1.82) is 0 Å². The first-order chi connectivity index (χ1) is 25.8. The maximum absolute atomic E-state index is 13.7. The number of ether oxygens (including phenoxy) is 4. The average Bonchev–Trinajstić information content (AvgIpc) is 3.78. The molecule has 1 atom stereocenters. The fraction of sp³-hybridized carbons (Fsp3) is 0.238. The van der Waals surface area contributed by atoms with E-state index in [4.69, 9.17) is 18.9 Å². The van der Waals surface area contributed by atoms with Gasteiger partial charge in [0.05, 0.1) is 42.8 Å². The van der Waals surface area contributed by atoms with Gasteiger partial charge in [-0.05, 0) is 85.6 Å². The molecule has 4 aromatic carbocycles. The predicted molar refractivity (Wildman–Crippen MR) is 207 cm³/mol. The second-order valence-electron chi connectivity index (χ2n) is 12.8. The Morgan fingerprint density at radius 3 is 2.40 bits per heavy atom. The van der Waals surface area contributed by atoms with Gasteiger partial charge in [-0.1, -0.05) is 30.4 Å². The molecule has 0 aromatic heterocycles. The smallest absolute Gasteiger partial charge is 0.261 e. The van der Waals surface area contributed by atoms with Crippen molar-refractivity contribution in [2.75, 3.05) is 38.0 Å². The summed E-state index contributed by atoms with van der Waals surface area (Å²) in [6, 6.07) is 20.5. The van der Waals surface area contributed by atoms with Crippen LogP contribution in [-0.2, 0) is 19.6 Å². The highest BCUT2D eigenvalue weighted by atomic mass is 16.5. The van der Waals surface area contributed by atoms with E-state index in [9.17, 15) is 9.59 Å². The van der Waals surface area contributed by atoms with Crippen molar-refractivity contribution in [3.63, 3.8) is 0 Å². The SMILES string of the molecule is C=Nc1cc(OCc2cc(COc3cc4c(cc3OC)C(=O)N3C(C=CC)=CCC3C=N4)cc(NC)c2)c(OC)cc1C(=O)N1CCc2ccccc21. The van der Waals surface area contributed by atoms with E-state index in [2.05, 4.69) is 22.0 Å². The van der Waals surface area contributed by atoms with E-state index in [0.29, 0.717) is 58.5 Å². The molecule has 11 nitrogen and oxygen atoms in total. The molecule has 1 N–H and O–H groups in total. The average molecular weight is 712 g/mol. The molecular weight excluding hydrogens is 670 g/mol. The molecule has 4 aromatic rings. The second-order valence-corrected chi connectivity index (χ2v) is 12.8. The third kappa shape index (κ3) is 6.85. The fourth-order valence-corrected chi connectivity index (χ4v) is 6.96. The minimum Gasteiger partial charge on any atom is -0.493 e. The van der Waals surface area contributed by atoms with Gasteiger partial charge in [0.2, 0.25) is 0 Å². The van der Waals surface area contributed by atoms with Gasteiger partial charge in [-0.2, -0.15) is 0 Å². The lowest BCUT2D eigenvalue weighted by Crippen LogP contribution is -2.35. The van der Waals surface area contributed by atoms with Gasteiger partial charge in [0.1, 0.15) is 13.2 Å². The standard InChI is InChI=1S/C42H41N5O6/c1-6-9-30-12-13-31-23-45-35-22-40(38(51-5)20-33(35)42(49)47(30)31)53-25-27-16-26(17-29(18-27)43-2)24-52-39-21-34(44-3)32(19-37(39)50-4)41(48)46-15-14-28-10-7-8-11-36(28)46/h6-12,16-23,31,43H,3,13-15,24-25H2,1-2,4-5H3. The van der Waals surface area contributed by atoms with E-state index in [1.54, 1.807) is 48.3 Å². The lowest BCUT2D eigenvalue weighted by atomic mass is 10.1. The molecule has 0 radical (unpaired) electrons. The van der Waals surface area contributed by atoms with Crippen LogP contribution >= 0.6 is 0 Å². The zero-order chi connectivity index (χ0) is 37.1. The molecule has 1 unspecified atom stereocenters. The number of rotatable bonds is 12. The number of anilines is 2. The van der Waals surface area contributed by atoms with Gasteiger partial charge in [-0.15, -0.1) is 0 Å². The van der Waals surface area contributed by atoms with Crippen molar-refractivity contribution in [2.45, 2.75) is 39.0 Å². The summed E-state index contributed by atoms with van der Waals surface area (Å²) in [5.41, 5.74) is 7.27.